The van der Waals surface area contributed by atoms with Crippen molar-refractivity contribution in [1.29, 1.82) is 0 Å². The second-order valence-electron chi connectivity index (χ2n) is 34.5. The Kier molecular flexibility index (Phi) is 21.7. The normalized spacial score (nSPS) is 12.3. The van der Waals surface area contributed by atoms with Crippen LogP contribution in [0.4, 0.5) is 99.0 Å². The van der Waals surface area contributed by atoms with Crippen molar-refractivity contribution in [2.24, 2.45) is 0 Å². The third-order valence-electron chi connectivity index (χ3n) is 26.0. The van der Waals surface area contributed by atoms with Gasteiger partial charge in [0.2, 0.25) is 0 Å². The van der Waals surface area contributed by atoms with Gasteiger partial charge in [-0.05, 0) is 209 Å². The van der Waals surface area contributed by atoms with Crippen LogP contribution in [-0.2, 0) is 20.2 Å². The zero-order valence-corrected chi connectivity index (χ0v) is 81.0. The lowest BCUT2D eigenvalue weighted by molar-refractivity contribution is -0.0504. The van der Waals surface area contributed by atoms with Crippen LogP contribution < -0.4 is 28.0 Å². The molecule has 0 unspecified atom stereocenters. The maximum absolute atomic E-state index is 14.8. The number of rotatable bonds is 18. The minimum Gasteiger partial charge on any atom is -0.376 e. The van der Waals surface area contributed by atoms with E-state index < -0.39 is 48.6 Å². The number of para-hydroxylation sites is 3. The van der Waals surface area contributed by atoms with E-state index in [4.69, 9.17) is 8.37 Å². The molecule has 0 aliphatic heterocycles. The second-order valence-corrected chi connectivity index (χ2v) is 43.9. The molecule has 0 radical (unpaired) electrons. The van der Waals surface area contributed by atoms with Crippen LogP contribution in [0.3, 0.4) is 0 Å². The van der Waals surface area contributed by atoms with Crippen molar-refractivity contribution >= 4 is 299 Å². The average Bonchev–Trinajstić information content (AvgIpc) is 1.63. The van der Waals surface area contributed by atoms with E-state index in [9.17, 15) is 47.6 Å². The Labute approximate surface area is 836 Å². The van der Waals surface area contributed by atoms with E-state index in [0.717, 1.165) is 159 Å². The van der Waals surface area contributed by atoms with Gasteiger partial charge in [0.05, 0.1) is 52.9 Å². The molecule has 0 saturated heterocycles. The molecule has 0 aliphatic rings. The van der Waals surface area contributed by atoms with Gasteiger partial charge >= 0.3 is 31.3 Å². The molecule has 143 heavy (non-hydrogen) atoms. The molecule has 6 aromatic heterocycles. The number of halogens is 7. The summed E-state index contributed by atoms with van der Waals surface area (Å²) in [7, 11) is -12.2. The highest BCUT2D eigenvalue weighted by Crippen LogP contribution is 2.57. The Morgan fingerprint density at radius 1 is 0.217 bits per heavy atom. The van der Waals surface area contributed by atoms with Crippen LogP contribution >= 0.6 is 68.0 Å². The van der Waals surface area contributed by atoms with Crippen molar-refractivity contribution in [2.75, 3.05) is 19.6 Å². The van der Waals surface area contributed by atoms with Crippen LogP contribution in [0.25, 0.3) is 165 Å². The number of hydrogen-bond donors (Lipinski definition) is 0. The van der Waals surface area contributed by atoms with E-state index in [-0.39, 0.29) is 0 Å². The molecule has 0 aliphatic carbocycles. The van der Waals surface area contributed by atoms with Gasteiger partial charge in [-0.15, -0.1) is 68.0 Å². The molecule has 0 spiro atoms. The first kappa shape index (κ1) is 88.8. The molecule has 6 heterocycles. The summed E-state index contributed by atoms with van der Waals surface area (Å²) in [6.07, 6.45) is 0. The number of fused-ring (bicyclic) bond motifs is 20. The minimum atomic E-state index is -6.12. The van der Waals surface area contributed by atoms with Gasteiger partial charge < -0.3 is 28.0 Å². The number of hydrogen-bond acceptors (Lipinski definition) is 16. The summed E-state index contributed by atoms with van der Waals surface area (Å²) in [6, 6.07) is 137. The largest absolute Gasteiger partial charge is 0.534 e. The third-order valence-corrected chi connectivity index (χ3v) is 35.1. The summed E-state index contributed by atoms with van der Waals surface area (Å²) in [6.45, 7) is 0. The first-order valence-corrected chi connectivity index (χ1v) is 53.1. The van der Waals surface area contributed by atoms with Gasteiger partial charge in [0, 0.05) is 159 Å². The molecule has 694 valence electrons. The lowest BCUT2D eigenvalue weighted by Crippen LogP contribution is -2.28. The molecule has 0 bridgehead atoms. The molecule has 26 rings (SSSR count). The highest BCUT2D eigenvalue weighted by molar-refractivity contribution is 7.88. The molecule has 25 heteroatoms. The van der Waals surface area contributed by atoms with Gasteiger partial charge in [0.25, 0.3) is 0 Å². The van der Waals surface area contributed by atoms with Gasteiger partial charge in [-0.25, -0.2) is 4.39 Å². The van der Waals surface area contributed by atoms with Gasteiger partial charge in [-0.2, -0.15) is 43.2 Å². The first-order valence-electron chi connectivity index (χ1n) is 45.4. The number of anilines is 12. The molecule has 0 N–H and O–H groups in total. The molecule has 0 saturated carbocycles. The van der Waals surface area contributed by atoms with Gasteiger partial charge in [-0.3, -0.25) is 0 Å². The topological polar surface area (TPSA) is 99.7 Å². The first-order chi connectivity index (χ1) is 69.5. The zero-order chi connectivity index (χ0) is 96.9. The fraction of sp³-hybridized carbons (Fsp3) is 0.0169. The van der Waals surface area contributed by atoms with Gasteiger partial charge in [0.1, 0.15) is 17.3 Å². The second kappa shape index (κ2) is 35.0. The minimum absolute atomic E-state index is 0.344. The van der Waals surface area contributed by atoms with Crippen molar-refractivity contribution in [3.8, 4) is 33.8 Å². The van der Waals surface area contributed by atoms with Crippen LogP contribution in [0.2, 0.25) is 0 Å². The fourth-order valence-electron chi connectivity index (χ4n) is 19.8. The maximum Gasteiger partial charge on any atom is 0.534 e. The summed E-state index contributed by atoms with van der Waals surface area (Å²) in [5, 5.41) is 15.3. The van der Waals surface area contributed by atoms with Gasteiger partial charge in [0.15, 0.2) is 0 Å². The Morgan fingerprint density at radius 3 is 1.12 bits per heavy atom. The molecular formula is C118H69F7N4O6S8. The van der Waals surface area contributed by atoms with Crippen LogP contribution in [0.1, 0.15) is 0 Å². The summed E-state index contributed by atoms with van der Waals surface area (Å²) in [4.78, 5) is 8.39. The van der Waals surface area contributed by atoms with Crippen molar-refractivity contribution in [2.45, 2.75) is 11.0 Å². The van der Waals surface area contributed by atoms with E-state index in [0.29, 0.717) is 43.6 Å². The smallest absolute Gasteiger partial charge is 0.376 e. The van der Waals surface area contributed by atoms with E-state index in [2.05, 4.69) is 204 Å². The molecule has 26 aromatic rings. The molecule has 20 aromatic carbocycles. The number of alkyl halides is 6. The third kappa shape index (κ3) is 15.6. The predicted molar refractivity (Wildman–Crippen MR) is 586 cm³/mol. The Hall–Kier alpha value is -15.6. The highest BCUT2D eigenvalue weighted by Gasteiger charge is 2.50. The van der Waals surface area contributed by atoms with E-state index in [1.54, 1.807) is 57.5 Å². The maximum atomic E-state index is 14.8. The monoisotopic (exact) mass is 2030 g/mol. The number of thiophene rings is 6. The number of benzene rings is 20. The Balaban J connectivity index is 0.000000150. The van der Waals surface area contributed by atoms with Crippen LogP contribution in [-0.4, -0.2) is 27.9 Å². The summed E-state index contributed by atoms with van der Waals surface area (Å²) in [5.41, 5.74) is 1.47. The lowest BCUT2D eigenvalue weighted by atomic mass is 9.94. The van der Waals surface area contributed by atoms with Crippen molar-refractivity contribution in [3.05, 3.63) is 424 Å². The molecular weight excluding hydrogens is 1960 g/mol. The van der Waals surface area contributed by atoms with E-state index in [1.807, 2.05) is 186 Å². The molecule has 10 nitrogen and oxygen atoms in total. The SMILES string of the molecule is O=S(=O)(Oc1cc(N(c2ccc(F)cc2)c2cccc3c2sc2ccccc23)c2sc3ccc(-c4c(N(c5ccccc5)c5cccc6c5sc5ccccc56)ccc5ccccc45)cc3c2c1)C(F)(F)F.O=S(=O)(Oc1cc(N(c2ccccc2)c2ccc3c(c2)sc2ccccc23)c2sc3ccc(-c4ccc(N(c5ccccc5)c5ccc6sc7ccccc7c6c5)c5ccccc45)cc3c2c1)C(F)(F)F. The van der Waals surface area contributed by atoms with E-state index >= 15 is 0 Å². The Morgan fingerprint density at radius 2 is 0.573 bits per heavy atom. The van der Waals surface area contributed by atoms with Crippen LogP contribution in [0, 0.1) is 5.82 Å². The molecule has 0 amide bonds. The van der Waals surface area contributed by atoms with Gasteiger partial charge in [-0.1, -0.05) is 231 Å². The lowest BCUT2D eigenvalue weighted by Gasteiger charge is -2.29. The van der Waals surface area contributed by atoms with Crippen molar-refractivity contribution < 1.29 is 55.9 Å². The van der Waals surface area contributed by atoms with Crippen molar-refractivity contribution in [3.63, 3.8) is 0 Å². The number of nitrogens with zero attached hydrogens (tertiary/aromatic N) is 4. The predicted octanol–water partition coefficient (Wildman–Crippen LogP) is 37.7. The quantitative estimate of drug-likeness (QED) is 0.0469. The standard InChI is InChI=1S/C59H34F4N2O3S4.C59H35F3N2O3S4/c60-37-26-28-39(29-27-37)65(50-21-11-19-45-43-17-7-9-23-53(43)70-57(45)50)51-34-40(68-72(66,67)59(61,62)63)33-47-46-32-36(25-31-54(46)71-58(47)51)55-41-15-5-4-12-35(41)24-30-48(55)64(38-13-2-1-3-14-38)49-20-10-18-44-42-16-6-8-22-52(42)69-56(44)49;60-59(61,62)71(65,66)67-41-34-50-48-31-36(23-29-56(48)70-58(50)52(35-41)64(38-15-5-2-6-16-38)40-24-26-47-45-19-9-11-21-53(45)69-57(47)33-40)42-27-28-51(44-18-8-7-17-43(42)44)63(37-13-3-1-4-14-37)39-25-30-55-49(32-39)46-20-10-12-22-54(46)68-55/h1-34H;1-35H. The average molecular weight is 2030 g/mol. The Bertz CT molecular complexity index is 9900. The van der Waals surface area contributed by atoms with Crippen molar-refractivity contribution in [1.82, 2.24) is 0 Å². The van der Waals surface area contributed by atoms with Crippen LogP contribution in [0.5, 0.6) is 11.5 Å². The summed E-state index contributed by atoms with van der Waals surface area (Å²) >= 11 is 9.62. The van der Waals surface area contributed by atoms with E-state index in [1.165, 1.54) is 89.3 Å². The molecule has 0 atom stereocenters. The summed E-state index contributed by atoms with van der Waals surface area (Å²) in [5.74, 6) is -1.47. The zero-order valence-electron chi connectivity index (χ0n) is 74.5. The highest BCUT2D eigenvalue weighted by atomic mass is 32.2. The molecule has 0 fully saturated rings. The summed E-state index contributed by atoms with van der Waals surface area (Å²) < 4.78 is 173. The van der Waals surface area contributed by atoms with Crippen LogP contribution in [0.15, 0.2) is 419 Å². The fourth-order valence-corrected chi connectivity index (χ4v) is 27.6.